The third-order valence-electron chi connectivity index (χ3n) is 3.35. The van der Waals surface area contributed by atoms with Gasteiger partial charge in [0.05, 0.1) is 0 Å². The molecule has 0 bridgehead atoms. The summed E-state index contributed by atoms with van der Waals surface area (Å²) < 4.78 is 0. The molecule has 1 fully saturated rings. The molecule has 78 valence electrons. The van der Waals surface area contributed by atoms with Gasteiger partial charge in [0.2, 0.25) is 5.91 Å². The highest BCUT2D eigenvalue weighted by molar-refractivity contribution is 5.76. The Bertz CT molecular complexity index is 228. The van der Waals surface area contributed by atoms with E-state index in [0.717, 1.165) is 25.9 Å². The minimum Gasteiger partial charge on any atom is -0.339 e. The lowest BCUT2D eigenvalue weighted by Gasteiger charge is -2.24. The van der Waals surface area contributed by atoms with Crippen LogP contribution in [0.1, 0.15) is 38.5 Å². The van der Waals surface area contributed by atoms with E-state index in [9.17, 15) is 4.79 Å². The number of hydrogen-bond acceptors (Lipinski definition) is 1. The minimum atomic E-state index is 0.376. The Morgan fingerprint density at radius 1 is 1.29 bits per heavy atom. The maximum Gasteiger partial charge on any atom is 0.223 e. The largest absolute Gasteiger partial charge is 0.339 e. The van der Waals surface area contributed by atoms with Gasteiger partial charge in [-0.15, -0.1) is 0 Å². The zero-order valence-electron chi connectivity index (χ0n) is 8.74. The van der Waals surface area contributed by atoms with Crippen LogP contribution >= 0.6 is 0 Å². The first-order valence-electron chi connectivity index (χ1n) is 5.79. The Labute approximate surface area is 86.0 Å². The third-order valence-corrected chi connectivity index (χ3v) is 3.35. The van der Waals surface area contributed by atoms with Crippen LogP contribution in [0.2, 0.25) is 0 Å². The van der Waals surface area contributed by atoms with E-state index in [1.165, 1.54) is 25.7 Å². The zero-order valence-corrected chi connectivity index (χ0v) is 8.74. The molecule has 0 spiro atoms. The summed E-state index contributed by atoms with van der Waals surface area (Å²) in [4.78, 5) is 13.8. The fourth-order valence-corrected chi connectivity index (χ4v) is 2.46. The predicted molar refractivity (Wildman–Crippen MR) is 56.9 cm³/mol. The molecule has 2 nitrogen and oxygen atoms in total. The maximum atomic E-state index is 11.8. The number of amides is 1. The highest BCUT2D eigenvalue weighted by atomic mass is 16.2. The molecule has 1 saturated carbocycles. The van der Waals surface area contributed by atoms with Crippen molar-refractivity contribution in [2.24, 2.45) is 5.92 Å². The molecule has 0 aromatic heterocycles. The second-order valence-corrected chi connectivity index (χ2v) is 4.45. The summed E-state index contributed by atoms with van der Waals surface area (Å²) in [5.74, 6) is 1.06. The molecule has 2 rings (SSSR count). The monoisotopic (exact) mass is 193 g/mol. The zero-order chi connectivity index (χ0) is 9.80. The molecule has 1 amide bonds. The second-order valence-electron chi connectivity index (χ2n) is 4.45. The van der Waals surface area contributed by atoms with Crippen LogP contribution in [-0.2, 0) is 4.79 Å². The molecular weight excluding hydrogens is 174 g/mol. The Morgan fingerprint density at radius 2 is 2.07 bits per heavy atom. The van der Waals surface area contributed by atoms with Crippen molar-refractivity contribution in [1.29, 1.82) is 0 Å². The first-order valence-corrected chi connectivity index (χ1v) is 5.79. The third kappa shape index (κ3) is 2.37. The van der Waals surface area contributed by atoms with Gasteiger partial charge in [-0.2, -0.15) is 0 Å². The average molecular weight is 193 g/mol. The van der Waals surface area contributed by atoms with Crippen molar-refractivity contribution in [3.05, 3.63) is 12.2 Å². The summed E-state index contributed by atoms with van der Waals surface area (Å²) >= 11 is 0. The number of carbonyl (C=O) groups excluding carboxylic acids is 1. The highest BCUT2D eigenvalue weighted by Crippen LogP contribution is 2.28. The van der Waals surface area contributed by atoms with Gasteiger partial charge in [0.15, 0.2) is 0 Å². The minimum absolute atomic E-state index is 0.376. The molecule has 0 atom stereocenters. The van der Waals surface area contributed by atoms with Crippen LogP contribution in [0.25, 0.3) is 0 Å². The van der Waals surface area contributed by atoms with Gasteiger partial charge < -0.3 is 4.90 Å². The summed E-state index contributed by atoms with van der Waals surface area (Å²) in [7, 11) is 0. The van der Waals surface area contributed by atoms with Crippen molar-refractivity contribution >= 4 is 5.91 Å². The summed E-state index contributed by atoms with van der Waals surface area (Å²) in [6.07, 6.45) is 11.3. The van der Waals surface area contributed by atoms with Crippen LogP contribution in [0.15, 0.2) is 12.2 Å². The van der Waals surface area contributed by atoms with E-state index in [1.54, 1.807) is 0 Å². The van der Waals surface area contributed by atoms with E-state index >= 15 is 0 Å². The molecular formula is C12H19NO. The van der Waals surface area contributed by atoms with Crippen molar-refractivity contribution in [3.63, 3.8) is 0 Å². The van der Waals surface area contributed by atoms with Gasteiger partial charge in [-0.25, -0.2) is 0 Å². The van der Waals surface area contributed by atoms with Gasteiger partial charge in [0.1, 0.15) is 0 Å². The molecule has 14 heavy (non-hydrogen) atoms. The van der Waals surface area contributed by atoms with Gasteiger partial charge in [-0.05, 0) is 25.2 Å². The normalized spacial score (nSPS) is 23.0. The Balaban J connectivity index is 1.79. The summed E-state index contributed by atoms with van der Waals surface area (Å²) in [6.45, 7) is 1.77. The first kappa shape index (κ1) is 9.75. The van der Waals surface area contributed by atoms with Crippen molar-refractivity contribution in [1.82, 2.24) is 4.90 Å². The fraction of sp³-hybridized carbons (Fsp3) is 0.750. The van der Waals surface area contributed by atoms with E-state index in [4.69, 9.17) is 0 Å². The van der Waals surface area contributed by atoms with Crippen molar-refractivity contribution < 1.29 is 4.79 Å². The van der Waals surface area contributed by atoms with Gasteiger partial charge in [0.25, 0.3) is 0 Å². The van der Waals surface area contributed by atoms with E-state index in [0.29, 0.717) is 11.8 Å². The van der Waals surface area contributed by atoms with Crippen molar-refractivity contribution in [2.75, 3.05) is 13.1 Å². The molecule has 0 aromatic carbocycles. The molecule has 2 aliphatic rings. The topological polar surface area (TPSA) is 20.3 Å². The standard InChI is InChI=1S/C12H19NO/c14-12(10-11-6-2-3-7-11)13-8-4-1-5-9-13/h1,4,11H,2-3,5-10H2. The molecule has 1 heterocycles. The molecule has 0 unspecified atom stereocenters. The highest BCUT2D eigenvalue weighted by Gasteiger charge is 2.21. The Morgan fingerprint density at radius 3 is 2.71 bits per heavy atom. The van der Waals surface area contributed by atoms with Crippen molar-refractivity contribution in [2.45, 2.75) is 38.5 Å². The van der Waals surface area contributed by atoms with Crippen LogP contribution in [0, 0.1) is 5.92 Å². The quantitative estimate of drug-likeness (QED) is 0.616. The van der Waals surface area contributed by atoms with Gasteiger partial charge in [-0.1, -0.05) is 25.0 Å². The lowest BCUT2D eigenvalue weighted by atomic mass is 10.0. The average Bonchev–Trinajstić information content (AvgIpc) is 2.72. The lowest BCUT2D eigenvalue weighted by Crippen LogP contribution is -2.34. The van der Waals surface area contributed by atoms with E-state index in [2.05, 4.69) is 12.2 Å². The maximum absolute atomic E-state index is 11.8. The molecule has 1 aliphatic carbocycles. The lowest BCUT2D eigenvalue weighted by molar-refractivity contribution is -0.131. The van der Waals surface area contributed by atoms with Gasteiger partial charge in [0, 0.05) is 19.5 Å². The van der Waals surface area contributed by atoms with Crippen LogP contribution < -0.4 is 0 Å². The number of hydrogen-bond donors (Lipinski definition) is 0. The van der Waals surface area contributed by atoms with Crippen LogP contribution in [0.5, 0.6) is 0 Å². The number of rotatable bonds is 2. The summed E-state index contributed by atoms with van der Waals surface area (Å²) in [5, 5.41) is 0. The summed E-state index contributed by atoms with van der Waals surface area (Å²) in [6, 6.07) is 0. The Kier molecular flexibility index (Phi) is 3.22. The van der Waals surface area contributed by atoms with Gasteiger partial charge >= 0.3 is 0 Å². The number of carbonyl (C=O) groups is 1. The summed E-state index contributed by atoms with van der Waals surface area (Å²) in [5.41, 5.74) is 0. The molecule has 2 heteroatoms. The van der Waals surface area contributed by atoms with Gasteiger partial charge in [-0.3, -0.25) is 4.79 Å². The molecule has 0 radical (unpaired) electrons. The Hall–Kier alpha value is -0.790. The molecule has 0 aromatic rings. The van der Waals surface area contributed by atoms with Crippen molar-refractivity contribution in [3.8, 4) is 0 Å². The first-order chi connectivity index (χ1) is 6.86. The van der Waals surface area contributed by atoms with E-state index in [1.807, 2.05) is 4.90 Å². The molecule has 1 aliphatic heterocycles. The SMILES string of the molecule is O=C(CC1CCCC1)N1CC=CCC1. The van der Waals surface area contributed by atoms with E-state index in [-0.39, 0.29) is 0 Å². The van der Waals surface area contributed by atoms with Crippen LogP contribution in [0.3, 0.4) is 0 Å². The molecule has 0 saturated heterocycles. The number of nitrogens with zero attached hydrogens (tertiary/aromatic N) is 1. The van der Waals surface area contributed by atoms with Crippen LogP contribution in [-0.4, -0.2) is 23.9 Å². The van der Waals surface area contributed by atoms with Crippen LogP contribution in [0.4, 0.5) is 0 Å². The fourth-order valence-electron chi connectivity index (χ4n) is 2.46. The molecule has 0 N–H and O–H groups in total. The smallest absolute Gasteiger partial charge is 0.223 e. The second kappa shape index (κ2) is 4.63. The predicted octanol–water partition coefficient (Wildman–Crippen LogP) is 2.36. The van der Waals surface area contributed by atoms with E-state index < -0.39 is 0 Å².